The highest BCUT2D eigenvalue weighted by Crippen LogP contribution is 2.66. The van der Waals surface area contributed by atoms with Crippen LogP contribution >= 0.6 is 11.8 Å². The zero-order valence-electron chi connectivity index (χ0n) is 20.5. The van der Waals surface area contributed by atoms with Gasteiger partial charge in [-0.1, -0.05) is 37.3 Å². The Bertz CT molecular complexity index is 934. The number of amides is 3. The third-order valence-electron chi connectivity index (χ3n) is 7.25. The summed E-state index contributed by atoms with van der Waals surface area (Å²) in [6.07, 6.45) is 2.81. The van der Waals surface area contributed by atoms with Crippen LogP contribution in [0.5, 0.6) is 0 Å². The van der Waals surface area contributed by atoms with E-state index in [9.17, 15) is 19.5 Å². The molecule has 34 heavy (non-hydrogen) atoms. The molecule has 3 heterocycles. The van der Waals surface area contributed by atoms with Gasteiger partial charge in [0.2, 0.25) is 17.7 Å². The minimum absolute atomic E-state index is 0.0413. The number of nitrogens with one attached hydrogen (secondary N) is 2. The van der Waals surface area contributed by atoms with Crippen molar-refractivity contribution in [3.8, 4) is 0 Å². The summed E-state index contributed by atoms with van der Waals surface area (Å²) in [7, 11) is 0. The van der Waals surface area contributed by atoms with Crippen molar-refractivity contribution in [2.45, 2.75) is 81.0 Å². The third-order valence-corrected chi connectivity index (χ3v) is 9.21. The number of hydrogen-bond acceptors (Lipinski definition) is 5. The van der Waals surface area contributed by atoms with Gasteiger partial charge in [0, 0.05) is 17.3 Å². The molecular weight excluding hydrogens is 450 g/mol. The minimum atomic E-state index is -0.718. The van der Waals surface area contributed by atoms with Crippen molar-refractivity contribution in [2.24, 2.45) is 11.8 Å². The number of carbonyl (C=O) groups excluding carboxylic acids is 3. The van der Waals surface area contributed by atoms with Crippen LogP contribution in [0.15, 0.2) is 30.3 Å². The molecule has 7 nitrogen and oxygen atoms in total. The van der Waals surface area contributed by atoms with E-state index in [1.54, 1.807) is 16.7 Å². The van der Waals surface area contributed by atoms with Gasteiger partial charge < -0.3 is 20.6 Å². The van der Waals surface area contributed by atoms with Gasteiger partial charge in [0.05, 0.1) is 29.2 Å². The van der Waals surface area contributed by atoms with Crippen molar-refractivity contribution in [1.82, 2.24) is 15.5 Å². The molecular formula is C26H37N3O4S. The van der Waals surface area contributed by atoms with Gasteiger partial charge in [-0.2, -0.15) is 0 Å². The molecule has 2 unspecified atom stereocenters. The number of thioether (sulfide) groups is 1. The molecule has 3 aliphatic heterocycles. The monoisotopic (exact) mass is 487 g/mol. The van der Waals surface area contributed by atoms with Crippen molar-refractivity contribution in [2.75, 3.05) is 13.2 Å². The minimum Gasteiger partial charge on any atom is -0.394 e. The first-order chi connectivity index (χ1) is 16.1. The highest BCUT2D eigenvalue weighted by molar-refractivity contribution is 8.02. The van der Waals surface area contributed by atoms with Crippen LogP contribution in [-0.2, 0) is 20.8 Å². The van der Waals surface area contributed by atoms with Gasteiger partial charge in [0.1, 0.15) is 6.04 Å². The van der Waals surface area contributed by atoms with Gasteiger partial charge in [-0.25, -0.2) is 0 Å². The molecule has 0 aliphatic carbocycles. The highest BCUT2D eigenvalue weighted by atomic mass is 32.2. The number of benzene rings is 1. The molecule has 0 saturated carbocycles. The van der Waals surface area contributed by atoms with E-state index in [4.69, 9.17) is 0 Å². The lowest BCUT2D eigenvalue weighted by Crippen LogP contribution is -2.59. The molecule has 1 spiro atoms. The molecule has 3 saturated heterocycles. The summed E-state index contributed by atoms with van der Waals surface area (Å²) < 4.78 is -0.643. The molecule has 1 aromatic rings. The topological polar surface area (TPSA) is 98.7 Å². The second kappa shape index (κ2) is 9.53. The maximum atomic E-state index is 14.1. The van der Waals surface area contributed by atoms with E-state index < -0.39 is 34.2 Å². The number of likely N-dealkylation sites (tertiary alicyclic amines) is 1. The van der Waals surface area contributed by atoms with Crippen molar-refractivity contribution in [3.63, 3.8) is 0 Å². The quantitative estimate of drug-likeness (QED) is 0.522. The summed E-state index contributed by atoms with van der Waals surface area (Å²) in [6.45, 7) is 8.11. The van der Waals surface area contributed by atoms with E-state index in [-0.39, 0.29) is 29.6 Å². The van der Waals surface area contributed by atoms with E-state index in [2.05, 4.69) is 10.6 Å². The average molecular weight is 488 g/mol. The van der Waals surface area contributed by atoms with Crippen molar-refractivity contribution in [1.29, 1.82) is 0 Å². The summed E-state index contributed by atoms with van der Waals surface area (Å²) >= 11 is 1.66. The molecule has 4 rings (SSSR count). The van der Waals surface area contributed by atoms with Gasteiger partial charge in [0.15, 0.2) is 0 Å². The van der Waals surface area contributed by atoms with E-state index in [1.165, 1.54) is 0 Å². The van der Waals surface area contributed by atoms with Crippen LogP contribution in [0, 0.1) is 11.8 Å². The second-order valence-corrected chi connectivity index (χ2v) is 12.5. The predicted octanol–water partition coefficient (Wildman–Crippen LogP) is 2.12. The summed E-state index contributed by atoms with van der Waals surface area (Å²) in [6, 6.07) is 8.46. The molecule has 6 atom stereocenters. The Morgan fingerprint density at radius 2 is 1.94 bits per heavy atom. The number of carbonyl (C=O) groups is 3. The Hall–Kier alpha value is -2.06. The van der Waals surface area contributed by atoms with Gasteiger partial charge in [-0.15, -0.1) is 11.8 Å². The summed E-state index contributed by atoms with van der Waals surface area (Å²) in [4.78, 5) is 42.6. The Balaban J connectivity index is 1.73. The van der Waals surface area contributed by atoms with Crippen molar-refractivity contribution >= 4 is 29.5 Å². The first kappa shape index (κ1) is 25.0. The highest BCUT2D eigenvalue weighted by Gasteiger charge is 2.74. The number of rotatable bonds is 8. The Kier molecular flexibility index (Phi) is 7.02. The molecule has 3 fully saturated rings. The third kappa shape index (κ3) is 4.35. The Labute approximate surface area is 206 Å². The van der Waals surface area contributed by atoms with Gasteiger partial charge in [0.25, 0.3) is 0 Å². The summed E-state index contributed by atoms with van der Waals surface area (Å²) in [5.74, 6) is -1.44. The maximum absolute atomic E-state index is 14.1. The largest absolute Gasteiger partial charge is 0.394 e. The first-order valence-electron chi connectivity index (χ1n) is 12.4. The molecule has 1 aromatic carbocycles. The molecule has 2 bridgehead atoms. The Morgan fingerprint density at radius 3 is 2.56 bits per heavy atom. The van der Waals surface area contributed by atoms with Crippen LogP contribution in [-0.4, -0.2) is 68.5 Å². The SMILES string of the molecule is CCCNC(=O)[C@@H]1[C@@H]2CCC3(S2)C(C(=O)NC(C)(C)C)N([C@@H](CO)Cc2ccccc2)C(=O)[C@H]13. The summed E-state index contributed by atoms with van der Waals surface area (Å²) in [5, 5.41) is 16.5. The number of fused-ring (bicyclic) bond motifs is 1. The lowest BCUT2D eigenvalue weighted by molar-refractivity contribution is -0.143. The molecule has 3 amide bonds. The normalized spacial score (nSPS) is 30.9. The molecule has 8 heteroatoms. The van der Waals surface area contributed by atoms with Crippen LogP contribution < -0.4 is 10.6 Å². The molecule has 0 radical (unpaired) electrons. The zero-order valence-corrected chi connectivity index (χ0v) is 21.4. The standard InChI is InChI=1S/C26H37N3O4S/c1-5-13-27-22(31)19-18-11-12-26(34-18)20(19)24(33)29(21(26)23(32)28-25(2,3)4)17(15-30)14-16-9-7-6-8-10-16/h6-10,17-21,30H,5,11-15H2,1-4H3,(H,27,31)(H,28,32)/t17-,18+,19-,20+,21?,26?/m1/s1. The fourth-order valence-corrected chi connectivity index (χ4v) is 8.23. The number of nitrogens with zero attached hydrogens (tertiary/aromatic N) is 1. The van der Waals surface area contributed by atoms with Gasteiger partial charge in [-0.05, 0) is 52.0 Å². The molecule has 3 N–H and O–H groups in total. The van der Waals surface area contributed by atoms with Crippen LogP contribution in [0.2, 0.25) is 0 Å². The lowest BCUT2D eigenvalue weighted by atomic mass is 9.70. The fourth-order valence-electron chi connectivity index (χ4n) is 6.03. The number of aliphatic hydroxyl groups excluding tert-OH is 1. The smallest absolute Gasteiger partial charge is 0.244 e. The second-order valence-electron chi connectivity index (χ2n) is 10.9. The maximum Gasteiger partial charge on any atom is 0.244 e. The van der Waals surface area contributed by atoms with E-state index in [1.807, 2.05) is 58.0 Å². The number of aliphatic hydroxyl groups is 1. The predicted molar refractivity (Wildman–Crippen MR) is 133 cm³/mol. The molecule has 186 valence electrons. The van der Waals surface area contributed by atoms with Gasteiger partial charge >= 0.3 is 0 Å². The first-order valence-corrected chi connectivity index (χ1v) is 13.3. The van der Waals surface area contributed by atoms with Crippen LogP contribution in [0.3, 0.4) is 0 Å². The Morgan fingerprint density at radius 1 is 1.24 bits per heavy atom. The molecule has 0 aromatic heterocycles. The fraction of sp³-hybridized carbons (Fsp3) is 0.654. The lowest BCUT2D eigenvalue weighted by Gasteiger charge is -2.38. The van der Waals surface area contributed by atoms with Crippen LogP contribution in [0.25, 0.3) is 0 Å². The number of hydrogen-bond donors (Lipinski definition) is 3. The van der Waals surface area contributed by atoms with Crippen molar-refractivity contribution < 1.29 is 19.5 Å². The van der Waals surface area contributed by atoms with E-state index in [0.717, 1.165) is 24.8 Å². The van der Waals surface area contributed by atoms with Crippen molar-refractivity contribution in [3.05, 3.63) is 35.9 Å². The van der Waals surface area contributed by atoms with E-state index in [0.29, 0.717) is 13.0 Å². The zero-order chi connectivity index (χ0) is 24.7. The van der Waals surface area contributed by atoms with Crippen LogP contribution in [0.4, 0.5) is 0 Å². The van der Waals surface area contributed by atoms with Gasteiger partial charge in [-0.3, -0.25) is 14.4 Å². The van der Waals surface area contributed by atoms with E-state index >= 15 is 0 Å². The molecule has 3 aliphatic rings. The average Bonchev–Trinajstić information content (AvgIpc) is 3.42. The summed E-state index contributed by atoms with van der Waals surface area (Å²) in [5.41, 5.74) is 0.529. The van der Waals surface area contributed by atoms with Crippen LogP contribution in [0.1, 0.15) is 52.5 Å².